The van der Waals surface area contributed by atoms with Gasteiger partial charge in [-0.05, 0) is 19.9 Å². The minimum Gasteiger partial charge on any atom is -0.325 e. The van der Waals surface area contributed by atoms with Crippen LogP contribution in [-0.4, -0.2) is 28.8 Å². The number of nitro groups is 1. The van der Waals surface area contributed by atoms with Gasteiger partial charge in [-0.2, -0.15) is 5.26 Å². The van der Waals surface area contributed by atoms with Crippen molar-refractivity contribution in [1.82, 2.24) is 4.90 Å². The van der Waals surface area contributed by atoms with Crippen LogP contribution in [0, 0.1) is 28.4 Å². The fourth-order valence-electron chi connectivity index (χ4n) is 1.66. The summed E-state index contributed by atoms with van der Waals surface area (Å²) in [6, 6.07) is 6.45. The van der Waals surface area contributed by atoms with Crippen molar-refractivity contribution in [1.29, 1.82) is 5.26 Å². The van der Waals surface area contributed by atoms with Crippen LogP contribution in [0.1, 0.15) is 22.8 Å². The van der Waals surface area contributed by atoms with Crippen LogP contribution < -0.4 is 0 Å². The minimum atomic E-state index is -0.567. The Morgan fingerprint density at radius 1 is 1.56 bits per heavy atom. The van der Waals surface area contributed by atoms with Gasteiger partial charge in [-0.25, -0.2) is 0 Å². The molecule has 6 nitrogen and oxygen atoms in total. The number of hydrogen-bond donors (Lipinski definition) is 0. The Morgan fingerprint density at radius 3 is 2.72 bits per heavy atom. The van der Waals surface area contributed by atoms with E-state index in [1.165, 1.54) is 11.0 Å². The number of carbonyl (C=O) groups excluding carboxylic acids is 1. The number of hydrogen-bond acceptors (Lipinski definition) is 4. The van der Waals surface area contributed by atoms with E-state index in [0.717, 1.165) is 0 Å². The summed E-state index contributed by atoms with van der Waals surface area (Å²) in [7, 11) is 0. The first-order chi connectivity index (χ1) is 8.52. The number of benzene rings is 1. The molecule has 6 heteroatoms. The first-order valence-electron chi connectivity index (χ1n) is 5.43. The number of nitrogens with zero attached hydrogens (tertiary/aromatic N) is 3. The van der Waals surface area contributed by atoms with Crippen molar-refractivity contribution in [2.45, 2.75) is 13.8 Å². The molecule has 0 N–H and O–H groups in total. The average molecular weight is 247 g/mol. The number of carbonyl (C=O) groups is 1. The minimum absolute atomic E-state index is 0.0251. The summed E-state index contributed by atoms with van der Waals surface area (Å²) in [5, 5.41) is 19.6. The zero-order chi connectivity index (χ0) is 13.7. The van der Waals surface area contributed by atoms with Crippen molar-refractivity contribution >= 4 is 11.6 Å². The van der Waals surface area contributed by atoms with Crippen LogP contribution in [0.4, 0.5) is 5.69 Å². The Labute approximate surface area is 105 Å². The van der Waals surface area contributed by atoms with Gasteiger partial charge in [-0.15, -0.1) is 0 Å². The highest BCUT2D eigenvalue weighted by Crippen LogP contribution is 2.24. The van der Waals surface area contributed by atoms with Gasteiger partial charge in [0.05, 0.1) is 11.0 Å². The normalized spacial score (nSPS) is 9.61. The number of aryl methyl sites for hydroxylation is 1. The van der Waals surface area contributed by atoms with Gasteiger partial charge >= 0.3 is 0 Å². The van der Waals surface area contributed by atoms with Gasteiger partial charge in [0.1, 0.15) is 12.1 Å². The van der Waals surface area contributed by atoms with Crippen LogP contribution in [0.3, 0.4) is 0 Å². The molecule has 0 fully saturated rings. The summed E-state index contributed by atoms with van der Waals surface area (Å²) < 4.78 is 0. The number of rotatable bonds is 4. The molecule has 1 aromatic rings. The lowest BCUT2D eigenvalue weighted by molar-refractivity contribution is -0.385. The molecule has 18 heavy (non-hydrogen) atoms. The lowest BCUT2D eigenvalue weighted by atomic mass is 10.1. The third kappa shape index (κ3) is 2.63. The highest BCUT2D eigenvalue weighted by Gasteiger charge is 2.25. The Bertz CT molecular complexity index is 520. The van der Waals surface area contributed by atoms with Gasteiger partial charge in [0.25, 0.3) is 11.6 Å². The van der Waals surface area contributed by atoms with E-state index < -0.39 is 10.8 Å². The van der Waals surface area contributed by atoms with Crippen molar-refractivity contribution in [2.75, 3.05) is 13.1 Å². The first kappa shape index (κ1) is 13.6. The SMILES string of the molecule is CCN(CC#N)C(=O)c1cccc(C)c1[N+](=O)[O-]. The van der Waals surface area contributed by atoms with Crippen LogP contribution in [-0.2, 0) is 0 Å². The zero-order valence-corrected chi connectivity index (χ0v) is 10.2. The average Bonchev–Trinajstić information content (AvgIpc) is 2.34. The van der Waals surface area contributed by atoms with E-state index in [9.17, 15) is 14.9 Å². The highest BCUT2D eigenvalue weighted by molar-refractivity contribution is 5.98. The van der Waals surface area contributed by atoms with Crippen molar-refractivity contribution in [3.63, 3.8) is 0 Å². The molecule has 0 spiro atoms. The molecule has 0 saturated heterocycles. The van der Waals surface area contributed by atoms with Crippen LogP contribution in [0.2, 0.25) is 0 Å². The molecule has 0 saturated carbocycles. The van der Waals surface area contributed by atoms with Crippen LogP contribution >= 0.6 is 0 Å². The molecule has 0 aromatic heterocycles. The molecule has 0 atom stereocenters. The molecule has 0 heterocycles. The highest BCUT2D eigenvalue weighted by atomic mass is 16.6. The predicted molar refractivity (Wildman–Crippen MR) is 65.0 cm³/mol. The van der Waals surface area contributed by atoms with E-state index in [4.69, 9.17) is 5.26 Å². The number of para-hydroxylation sites is 1. The largest absolute Gasteiger partial charge is 0.325 e. The molecule has 0 aliphatic rings. The summed E-state index contributed by atoms with van der Waals surface area (Å²) in [6.45, 7) is 3.55. The van der Waals surface area contributed by atoms with Crippen LogP contribution in [0.25, 0.3) is 0 Å². The van der Waals surface area contributed by atoms with Gasteiger partial charge in [0.15, 0.2) is 0 Å². The van der Waals surface area contributed by atoms with E-state index in [0.29, 0.717) is 12.1 Å². The molecule has 1 aromatic carbocycles. The number of nitriles is 1. The molecule has 94 valence electrons. The van der Waals surface area contributed by atoms with E-state index in [1.54, 1.807) is 26.0 Å². The van der Waals surface area contributed by atoms with Gasteiger partial charge in [-0.3, -0.25) is 14.9 Å². The Balaban J connectivity index is 3.25. The number of amides is 1. The Kier molecular flexibility index (Phi) is 4.38. The quantitative estimate of drug-likeness (QED) is 0.461. The van der Waals surface area contributed by atoms with Crippen molar-refractivity contribution in [3.05, 3.63) is 39.4 Å². The second kappa shape index (κ2) is 5.77. The maximum absolute atomic E-state index is 12.1. The summed E-state index contributed by atoms with van der Waals surface area (Å²) >= 11 is 0. The zero-order valence-electron chi connectivity index (χ0n) is 10.2. The maximum Gasteiger partial charge on any atom is 0.285 e. The fourth-order valence-corrected chi connectivity index (χ4v) is 1.66. The smallest absolute Gasteiger partial charge is 0.285 e. The van der Waals surface area contributed by atoms with Crippen molar-refractivity contribution in [2.24, 2.45) is 0 Å². The standard InChI is InChI=1S/C12H13N3O3/c1-3-14(8-7-13)12(16)10-6-4-5-9(2)11(10)15(17)18/h4-6H,3,8H2,1-2H3. The molecule has 1 amide bonds. The van der Waals surface area contributed by atoms with Gasteiger partial charge < -0.3 is 4.90 Å². The lowest BCUT2D eigenvalue weighted by Crippen LogP contribution is -2.31. The molecule has 0 unspecified atom stereocenters. The van der Waals surface area contributed by atoms with E-state index in [1.807, 2.05) is 6.07 Å². The molecule has 0 bridgehead atoms. The summed E-state index contributed by atoms with van der Waals surface area (Å²) in [6.07, 6.45) is 0. The molecular weight excluding hydrogens is 234 g/mol. The molecular formula is C12H13N3O3. The van der Waals surface area contributed by atoms with Gasteiger partial charge in [0.2, 0.25) is 0 Å². The van der Waals surface area contributed by atoms with Crippen molar-refractivity contribution < 1.29 is 9.72 Å². The van der Waals surface area contributed by atoms with Gasteiger partial charge in [-0.1, -0.05) is 12.1 Å². The van der Waals surface area contributed by atoms with E-state index in [2.05, 4.69) is 0 Å². The third-order valence-electron chi connectivity index (χ3n) is 2.58. The second-order valence-corrected chi connectivity index (χ2v) is 3.71. The topological polar surface area (TPSA) is 87.2 Å². The maximum atomic E-state index is 12.1. The third-order valence-corrected chi connectivity index (χ3v) is 2.58. The molecule has 0 aliphatic heterocycles. The monoisotopic (exact) mass is 247 g/mol. The summed E-state index contributed by atoms with van der Waals surface area (Å²) in [5.74, 6) is -0.491. The molecule has 0 radical (unpaired) electrons. The van der Waals surface area contributed by atoms with Crippen molar-refractivity contribution in [3.8, 4) is 6.07 Å². The lowest BCUT2D eigenvalue weighted by Gasteiger charge is -2.17. The Hall–Kier alpha value is -2.42. The second-order valence-electron chi connectivity index (χ2n) is 3.71. The summed E-state index contributed by atoms with van der Waals surface area (Å²) in [5.41, 5.74) is 0.259. The first-order valence-corrected chi connectivity index (χ1v) is 5.43. The Morgan fingerprint density at radius 2 is 2.22 bits per heavy atom. The number of nitro benzene ring substituents is 1. The molecule has 1 rings (SSSR count). The van der Waals surface area contributed by atoms with E-state index >= 15 is 0 Å². The predicted octanol–water partition coefficient (Wildman–Crippen LogP) is 1.89. The molecule has 0 aliphatic carbocycles. The van der Waals surface area contributed by atoms with Crippen LogP contribution in [0.15, 0.2) is 18.2 Å². The van der Waals surface area contributed by atoms with Crippen LogP contribution in [0.5, 0.6) is 0 Å². The fraction of sp³-hybridized carbons (Fsp3) is 0.333. The van der Waals surface area contributed by atoms with E-state index in [-0.39, 0.29) is 17.8 Å². The van der Waals surface area contributed by atoms with Gasteiger partial charge in [0, 0.05) is 12.1 Å². The summed E-state index contributed by atoms with van der Waals surface area (Å²) in [4.78, 5) is 23.8.